The van der Waals surface area contributed by atoms with Gasteiger partial charge in [0.15, 0.2) is 0 Å². The van der Waals surface area contributed by atoms with E-state index in [0.29, 0.717) is 39.0 Å². The number of amides is 2. The molecule has 2 rings (SSSR count). The third-order valence-corrected chi connectivity index (χ3v) is 11.3. The fourth-order valence-corrected chi connectivity index (χ4v) is 8.06. The van der Waals surface area contributed by atoms with Crippen molar-refractivity contribution in [3.05, 3.63) is 48.6 Å². The summed E-state index contributed by atoms with van der Waals surface area (Å²) >= 11 is 0. The van der Waals surface area contributed by atoms with Crippen molar-refractivity contribution in [2.45, 2.75) is 219 Å². The average Bonchev–Trinajstić information content (AvgIpc) is 3.63. The van der Waals surface area contributed by atoms with Crippen LogP contribution in [-0.4, -0.2) is 84.7 Å². The first kappa shape index (κ1) is 51.4. The Labute approximate surface area is 356 Å². The number of esters is 1. The van der Waals surface area contributed by atoms with E-state index in [1.165, 1.54) is 77.0 Å². The molecule has 4 atom stereocenters. The van der Waals surface area contributed by atoms with Crippen LogP contribution in [0, 0.1) is 0 Å². The van der Waals surface area contributed by atoms with Crippen molar-refractivity contribution < 1.29 is 23.9 Å². The molecule has 2 amide bonds. The predicted molar refractivity (Wildman–Crippen MR) is 243 cm³/mol. The van der Waals surface area contributed by atoms with Crippen molar-refractivity contribution in [3.8, 4) is 0 Å². The average molecular weight is 810 g/mol. The molecule has 2 aliphatic heterocycles. The summed E-state index contributed by atoms with van der Waals surface area (Å²) in [4.78, 5) is 43.9. The van der Waals surface area contributed by atoms with Gasteiger partial charge in [-0.25, -0.2) is 4.79 Å². The van der Waals surface area contributed by atoms with Crippen molar-refractivity contribution >= 4 is 17.8 Å². The number of allylic oxidation sites excluding steroid dienone is 8. The Kier molecular flexibility index (Phi) is 31.1. The lowest BCUT2D eigenvalue weighted by atomic mass is 10.1. The number of hydrogen-bond donors (Lipinski definition) is 1. The second kappa shape index (κ2) is 35.1. The number of likely N-dealkylation sites (tertiary alicyclic amines) is 1. The number of nitrogens with one attached hydrogen (secondary N) is 1. The fourth-order valence-electron chi connectivity index (χ4n) is 8.06. The minimum absolute atomic E-state index is 0.00519. The molecule has 0 aliphatic carbocycles. The molecule has 2 heterocycles. The van der Waals surface area contributed by atoms with Crippen LogP contribution in [0.25, 0.3) is 0 Å². The van der Waals surface area contributed by atoms with Gasteiger partial charge >= 0.3 is 5.97 Å². The van der Waals surface area contributed by atoms with E-state index in [0.717, 1.165) is 83.7 Å². The Bertz CT molecular complexity index is 1170. The van der Waals surface area contributed by atoms with E-state index in [1.54, 1.807) is 4.90 Å². The standard InChI is InChI=1S/C50H87N3O5/c1-5-7-9-11-13-15-17-19-21-23-25-27-29-31-33-35-39-57-50(56)47-40-46(51-48(54)37-38-52-41-44(3)58-45(4)42-52)43-53(47)49(55)36-34-32-30-28-26-24-22-20-18-16-14-12-10-8-6-2/h13-16,19-22,44-47H,5-12,17-18,23-43H2,1-4H3,(H,51,54)/b15-13-,16-14-,21-19-,22-20-. The van der Waals surface area contributed by atoms with Gasteiger partial charge in [-0.1, -0.05) is 133 Å². The number of nitrogens with zero attached hydrogens (tertiary/aromatic N) is 2. The zero-order valence-corrected chi connectivity index (χ0v) is 37.8. The van der Waals surface area contributed by atoms with Gasteiger partial charge in [-0.05, 0) is 90.9 Å². The molecule has 0 spiro atoms. The van der Waals surface area contributed by atoms with E-state index < -0.39 is 6.04 Å². The summed E-state index contributed by atoms with van der Waals surface area (Å²) in [5.74, 6) is -0.369. The van der Waals surface area contributed by atoms with Crippen LogP contribution in [0.2, 0.25) is 0 Å². The van der Waals surface area contributed by atoms with Gasteiger partial charge in [-0.3, -0.25) is 14.5 Å². The van der Waals surface area contributed by atoms with E-state index in [2.05, 4.69) is 86.5 Å². The molecule has 1 N–H and O–H groups in total. The molecule has 2 fully saturated rings. The Hall–Kier alpha value is -2.71. The van der Waals surface area contributed by atoms with Crippen LogP contribution in [0.3, 0.4) is 0 Å². The predicted octanol–water partition coefficient (Wildman–Crippen LogP) is 11.7. The molecule has 2 saturated heterocycles. The summed E-state index contributed by atoms with van der Waals surface area (Å²) in [7, 11) is 0. The van der Waals surface area contributed by atoms with E-state index in [1.807, 2.05) is 0 Å². The van der Waals surface area contributed by atoms with Crippen molar-refractivity contribution in [3.63, 3.8) is 0 Å². The maximum absolute atomic E-state index is 13.5. The number of hydrogen-bond acceptors (Lipinski definition) is 6. The summed E-state index contributed by atoms with van der Waals surface area (Å²) in [5, 5.41) is 3.14. The highest BCUT2D eigenvalue weighted by Gasteiger charge is 2.40. The van der Waals surface area contributed by atoms with Crippen molar-refractivity contribution in [2.75, 3.05) is 32.8 Å². The lowest BCUT2D eigenvalue weighted by Gasteiger charge is -2.35. The summed E-state index contributed by atoms with van der Waals surface area (Å²) in [6.45, 7) is 11.7. The minimum Gasteiger partial charge on any atom is -0.464 e. The molecule has 8 nitrogen and oxygen atoms in total. The lowest BCUT2D eigenvalue weighted by molar-refractivity contribution is -0.153. The molecule has 8 heteroatoms. The first-order valence-corrected chi connectivity index (χ1v) is 24.1. The molecule has 0 aromatic carbocycles. The van der Waals surface area contributed by atoms with Gasteiger partial charge in [-0.15, -0.1) is 0 Å². The highest BCUT2D eigenvalue weighted by atomic mass is 16.5. The van der Waals surface area contributed by atoms with Gasteiger partial charge in [0.2, 0.25) is 11.8 Å². The number of carbonyl (C=O) groups is 3. The van der Waals surface area contributed by atoms with E-state index in [4.69, 9.17) is 9.47 Å². The molecule has 4 unspecified atom stereocenters. The molecule has 0 bridgehead atoms. The maximum atomic E-state index is 13.5. The van der Waals surface area contributed by atoms with Gasteiger partial charge in [0.25, 0.3) is 0 Å². The van der Waals surface area contributed by atoms with Crippen LogP contribution >= 0.6 is 0 Å². The van der Waals surface area contributed by atoms with E-state index >= 15 is 0 Å². The Morgan fingerprint density at radius 2 is 1.09 bits per heavy atom. The van der Waals surface area contributed by atoms with Crippen LogP contribution in [0.5, 0.6) is 0 Å². The molecule has 0 radical (unpaired) electrons. The molecular formula is C50H87N3O5. The second-order valence-corrected chi connectivity index (χ2v) is 17.1. The van der Waals surface area contributed by atoms with E-state index in [9.17, 15) is 14.4 Å². The second-order valence-electron chi connectivity index (χ2n) is 17.1. The zero-order valence-electron chi connectivity index (χ0n) is 37.8. The lowest BCUT2D eigenvalue weighted by Crippen LogP contribution is -2.47. The Morgan fingerprint density at radius 3 is 1.62 bits per heavy atom. The third-order valence-electron chi connectivity index (χ3n) is 11.3. The van der Waals surface area contributed by atoms with Crippen LogP contribution in [0.15, 0.2) is 48.6 Å². The normalized spacial score (nSPS) is 20.4. The van der Waals surface area contributed by atoms with E-state index in [-0.39, 0.29) is 36.0 Å². The van der Waals surface area contributed by atoms with Crippen molar-refractivity contribution in [2.24, 2.45) is 0 Å². The van der Waals surface area contributed by atoms with Crippen LogP contribution < -0.4 is 5.32 Å². The summed E-state index contributed by atoms with van der Waals surface area (Å²) in [6, 6.07) is -0.885. The molecule has 332 valence electrons. The SMILES string of the molecule is CCCCC/C=C\C/C=C\CCCCCCCCOC(=O)C1CC(NC(=O)CCN2CC(C)OC(C)C2)CN1C(=O)CCCCCCC/C=C\C/C=C\CCCCC. The molecule has 0 aromatic rings. The topological polar surface area (TPSA) is 88.2 Å². The van der Waals surface area contributed by atoms with Crippen molar-refractivity contribution in [1.82, 2.24) is 15.1 Å². The highest BCUT2D eigenvalue weighted by Crippen LogP contribution is 2.23. The van der Waals surface area contributed by atoms with Gasteiger partial charge in [-0.2, -0.15) is 0 Å². The largest absolute Gasteiger partial charge is 0.464 e. The summed E-state index contributed by atoms with van der Waals surface area (Å²) < 4.78 is 11.6. The molecule has 0 aromatic heterocycles. The number of morpholine rings is 1. The van der Waals surface area contributed by atoms with Crippen LogP contribution in [0.4, 0.5) is 0 Å². The minimum atomic E-state index is -0.638. The first-order chi connectivity index (χ1) is 28.3. The van der Waals surface area contributed by atoms with Crippen molar-refractivity contribution in [1.29, 1.82) is 0 Å². The Balaban J connectivity index is 1.70. The van der Waals surface area contributed by atoms with Crippen LogP contribution in [-0.2, 0) is 23.9 Å². The van der Waals surface area contributed by atoms with Gasteiger partial charge in [0.1, 0.15) is 6.04 Å². The Morgan fingerprint density at radius 1 is 0.603 bits per heavy atom. The fraction of sp³-hybridized carbons (Fsp3) is 0.780. The van der Waals surface area contributed by atoms with Crippen LogP contribution in [0.1, 0.15) is 195 Å². The summed E-state index contributed by atoms with van der Waals surface area (Å²) in [6.07, 6.45) is 46.2. The monoisotopic (exact) mass is 810 g/mol. The maximum Gasteiger partial charge on any atom is 0.328 e. The molecule has 2 aliphatic rings. The number of unbranched alkanes of at least 4 members (excludes halogenated alkanes) is 17. The highest BCUT2D eigenvalue weighted by molar-refractivity contribution is 5.86. The number of carbonyl (C=O) groups excluding carboxylic acids is 3. The number of rotatable bonds is 34. The molecule has 0 saturated carbocycles. The third kappa shape index (κ3) is 26.4. The molecular weight excluding hydrogens is 723 g/mol. The quantitative estimate of drug-likeness (QED) is 0.0396. The molecule has 58 heavy (non-hydrogen) atoms. The van der Waals surface area contributed by atoms with Gasteiger partial charge in [0, 0.05) is 51.5 Å². The zero-order chi connectivity index (χ0) is 41.9. The number of ether oxygens (including phenoxy) is 2. The summed E-state index contributed by atoms with van der Waals surface area (Å²) in [5.41, 5.74) is 0. The first-order valence-electron chi connectivity index (χ1n) is 24.1. The van der Waals surface area contributed by atoms with Gasteiger partial charge < -0.3 is 19.7 Å². The van der Waals surface area contributed by atoms with Gasteiger partial charge in [0.05, 0.1) is 18.8 Å². The smallest absolute Gasteiger partial charge is 0.328 e.